The van der Waals surface area contributed by atoms with Crippen molar-refractivity contribution in [3.8, 4) is 22.1 Å². The summed E-state index contributed by atoms with van der Waals surface area (Å²) in [6, 6.07) is 12.8. The number of anilines is 2. The highest BCUT2D eigenvalue weighted by Gasteiger charge is 2.35. The van der Waals surface area contributed by atoms with Crippen molar-refractivity contribution in [3.05, 3.63) is 54.0 Å². The Kier molecular flexibility index (Phi) is 5.67. The summed E-state index contributed by atoms with van der Waals surface area (Å²) in [5.41, 5.74) is 2.31. The molecule has 1 aliphatic rings. The first-order valence-corrected chi connectivity index (χ1v) is 10.3. The predicted octanol–water partition coefficient (Wildman–Crippen LogP) is 3.82. The van der Waals surface area contributed by atoms with Crippen LogP contribution in [-0.2, 0) is 9.59 Å². The molecule has 7 nitrogen and oxygen atoms in total. The van der Waals surface area contributed by atoms with Gasteiger partial charge in [0.15, 0.2) is 11.5 Å². The van der Waals surface area contributed by atoms with E-state index in [4.69, 9.17) is 9.47 Å². The number of methoxy groups -OCH3 is 2. The van der Waals surface area contributed by atoms with Gasteiger partial charge in [-0.2, -0.15) is 0 Å². The number of nitrogens with one attached hydrogen (secondary N) is 1. The van der Waals surface area contributed by atoms with Gasteiger partial charge in [0.05, 0.1) is 20.1 Å². The maximum atomic E-state index is 12.8. The van der Waals surface area contributed by atoms with Gasteiger partial charge >= 0.3 is 0 Å². The Balaban J connectivity index is 1.47. The molecule has 2 aromatic carbocycles. The van der Waals surface area contributed by atoms with Crippen molar-refractivity contribution in [3.63, 3.8) is 0 Å². The van der Waals surface area contributed by atoms with E-state index in [-0.39, 0.29) is 18.2 Å². The summed E-state index contributed by atoms with van der Waals surface area (Å²) >= 11 is 1.54. The lowest BCUT2D eigenvalue weighted by atomic mass is 10.1. The average molecular weight is 423 g/mol. The Morgan fingerprint density at radius 2 is 2.00 bits per heavy atom. The average Bonchev–Trinajstić information content (AvgIpc) is 3.43. The van der Waals surface area contributed by atoms with E-state index < -0.39 is 5.92 Å². The van der Waals surface area contributed by atoms with Crippen molar-refractivity contribution in [2.24, 2.45) is 5.92 Å². The van der Waals surface area contributed by atoms with E-state index in [1.807, 2.05) is 29.6 Å². The predicted molar refractivity (Wildman–Crippen MR) is 116 cm³/mol. The molecule has 0 aliphatic carbocycles. The fraction of sp³-hybridized carbons (Fsp3) is 0.227. The summed E-state index contributed by atoms with van der Waals surface area (Å²) in [6.07, 6.45) is 1.91. The highest BCUT2D eigenvalue weighted by atomic mass is 32.1. The number of carbonyl (C=O) groups is 2. The van der Waals surface area contributed by atoms with Crippen LogP contribution in [0.4, 0.5) is 11.4 Å². The number of benzene rings is 2. The Morgan fingerprint density at radius 3 is 2.73 bits per heavy atom. The molecule has 0 saturated carbocycles. The van der Waals surface area contributed by atoms with E-state index >= 15 is 0 Å². The second-order valence-electron chi connectivity index (χ2n) is 6.85. The fourth-order valence-electron chi connectivity index (χ4n) is 3.47. The summed E-state index contributed by atoms with van der Waals surface area (Å²) < 4.78 is 10.6. The van der Waals surface area contributed by atoms with E-state index in [0.29, 0.717) is 29.4 Å². The van der Waals surface area contributed by atoms with Crippen LogP contribution in [0.3, 0.4) is 0 Å². The van der Waals surface area contributed by atoms with Gasteiger partial charge in [0.2, 0.25) is 11.8 Å². The molecule has 0 spiro atoms. The lowest BCUT2D eigenvalue weighted by molar-refractivity contribution is -0.122. The zero-order valence-corrected chi connectivity index (χ0v) is 17.4. The molecule has 0 bridgehead atoms. The first-order chi connectivity index (χ1) is 14.6. The summed E-state index contributed by atoms with van der Waals surface area (Å²) in [5, 5.41) is 5.73. The van der Waals surface area contributed by atoms with Crippen molar-refractivity contribution < 1.29 is 19.1 Å². The third-order valence-corrected chi connectivity index (χ3v) is 5.81. The summed E-state index contributed by atoms with van der Waals surface area (Å²) in [7, 11) is 3.10. The van der Waals surface area contributed by atoms with Gasteiger partial charge in [-0.1, -0.05) is 12.1 Å². The van der Waals surface area contributed by atoms with E-state index in [1.54, 1.807) is 43.5 Å². The highest BCUT2D eigenvalue weighted by Crippen LogP contribution is 2.34. The summed E-state index contributed by atoms with van der Waals surface area (Å²) in [6.45, 7) is 0.312. The molecule has 1 saturated heterocycles. The van der Waals surface area contributed by atoms with Crippen LogP contribution in [0.1, 0.15) is 6.42 Å². The van der Waals surface area contributed by atoms with Crippen LogP contribution in [-0.4, -0.2) is 37.6 Å². The number of rotatable bonds is 6. The van der Waals surface area contributed by atoms with E-state index in [2.05, 4.69) is 10.3 Å². The molecular formula is C22H21N3O4S. The van der Waals surface area contributed by atoms with Crippen LogP contribution in [0.2, 0.25) is 0 Å². The normalized spacial score (nSPS) is 15.9. The van der Waals surface area contributed by atoms with E-state index in [1.165, 1.54) is 11.3 Å². The van der Waals surface area contributed by atoms with E-state index in [9.17, 15) is 9.59 Å². The van der Waals surface area contributed by atoms with Gasteiger partial charge in [-0.25, -0.2) is 4.98 Å². The number of hydrogen-bond acceptors (Lipinski definition) is 6. The fourth-order valence-corrected chi connectivity index (χ4v) is 4.10. The Labute approximate surface area is 178 Å². The maximum Gasteiger partial charge on any atom is 0.229 e. The molecular weight excluding hydrogens is 402 g/mol. The molecule has 0 radical (unpaired) electrons. The Bertz CT molecular complexity index is 1070. The van der Waals surface area contributed by atoms with Gasteiger partial charge in [0, 0.05) is 47.5 Å². The lowest BCUT2D eigenvalue weighted by Gasteiger charge is -2.18. The van der Waals surface area contributed by atoms with E-state index in [0.717, 1.165) is 10.6 Å². The highest BCUT2D eigenvalue weighted by molar-refractivity contribution is 7.13. The topological polar surface area (TPSA) is 80.8 Å². The number of thiazole rings is 1. The van der Waals surface area contributed by atoms with Gasteiger partial charge in [0.25, 0.3) is 0 Å². The Morgan fingerprint density at radius 1 is 1.17 bits per heavy atom. The summed E-state index contributed by atoms with van der Waals surface area (Å²) in [5.74, 6) is 0.410. The second kappa shape index (κ2) is 8.54. The van der Waals surface area contributed by atoms with Gasteiger partial charge in [-0.3, -0.25) is 9.59 Å². The van der Waals surface area contributed by atoms with Crippen molar-refractivity contribution in [1.82, 2.24) is 4.98 Å². The van der Waals surface area contributed by atoms with Gasteiger partial charge in [-0.05, 0) is 24.3 Å². The standard InChI is InChI=1S/C22H21N3O4S/c1-28-18-7-6-17(12-19(18)29-2)25-13-15(11-20(25)26)21(27)24-16-5-3-4-14(10-16)22-23-8-9-30-22/h3-10,12,15H,11,13H2,1-2H3,(H,24,27). The number of carbonyl (C=O) groups excluding carboxylic acids is 2. The molecule has 1 aliphatic heterocycles. The quantitative estimate of drug-likeness (QED) is 0.652. The largest absolute Gasteiger partial charge is 0.493 e. The van der Waals surface area contributed by atoms with Crippen LogP contribution in [0.15, 0.2) is 54.0 Å². The smallest absolute Gasteiger partial charge is 0.229 e. The molecule has 1 atom stereocenters. The zero-order chi connectivity index (χ0) is 21.1. The summed E-state index contributed by atoms with van der Waals surface area (Å²) in [4.78, 5) is 31.3. The molecule has 1 aromatic heterocycles. The zero-order valence-electron chi connectivity index (χ0n) is 16.6. The van der Waals surface area contributed by atoms with Crippen molar-refractivity contribution in [2.45, 2.75) is 6.42 Å². The molecule has 1 fully saturated rings. The first-order valence-electron chi connectivity index (χ1n) is 9.42. The minimum atomic E-state index is -0.436. The van der Waals surface area contributed by atoms with Crippen LogP contribution in [0.5, 0.6) is 11.5 Å². The number of nitrogens with zero attached hydrogens (tertiary/aromatic N) is 2. The molecule has 3 aromatic rings. The van der Waals surface area contributed by atoms with Crippen LogP contribution >= 0.6 is 11.3 Å². The molecule has 30 heavy (non-hydrogen) atoms. The van der Waals surface area contributed by atoms with Gasteiger partial charge < -0.3 is 19.7 Å². The van der Waals surface area contributed by atoms with Crippen molar-refractivity contribution in [1.29, 1.82) is 0 Å². The van der Waals surface area contributed by atoms with Crippen molar-refractivity contribution >= 4 is 34.5 Å². The van der Waals surface area contributed by atoms with Crippen LogP contribution in [0.25, 0.3) is 10.6 Å². The van der Waals surface area contributed by atoms with Crippen molar-refractivity contribution in [2.75, 3.05) is 31.0 Å². The number of amides is 2. The molecule has 2 heterocycles. The third kappa shape index (κ3) is 3.99. The lowest BCUT2D eigenvalue weighted by Crippen LogP contribution is -2.28. The molecule has 4 rings (SSSR count). The minimum Gasteiger partial charge on any atom is -0.493 e. The number of hydrogen-bond donors (Lipinski definition) is 1. The minimum absolute atomic E-state index is 0.0982. The Hall–Kier alpha value is -3.39. The van der Waals surface area contributed by atoms with Crippen LogP contribution in [0, 0.1) is 5.92 Å². The molecule has 2 amide bonds. The number of ether oxygens (including phenoxy) is 2. The third-order valence-electron chi connectivity index (χ3n) is 4.98. The maximum absolute atomic E-state index is 12.8. The molecule has 1 unspecified atom stereocenters. The van der Waals surface area contributed by atoms with Crippen LogP contribution < -0.4 is 19.7 Å². The monoisotopic (exact) mass is 423 g/mol. The number of aromatic nitrogens is 1. The molecule has 154 valence electrons. The van der Waals surface area contributed by atoms with Gasteiger partial charge in [-0.15, -0.1) is 11.3 Å². The second-order valence-corrected chi connectivity index (χ2v) is 7.75. The molecule has 1 N–H and O–H groups in total. The first kappa shape index (κ1) is 19.9. The van der Waals surface area contributed by atoms with Gasteiger partial charge in [0.1, 0.15) is 5.01 Å². The SMILES string of the molecule is COc1ccc(N2CC(C(=O)Nc3cccc(-c4nccs4)c3)CC2=O)cc1OC. The molecule has 8 heteroatoms.